The molecule has 2 unspecified atom stereocenters. The maximum absolute atomic E-state index is 10.5. The molecule has 0 fully saturated rings. The number of aliphatic hydroxyl groups is 4. The molecule has 0 saturated carbocycles. The van der Waals surface area contributed by atoms with Crippen molar-refractivity contribution in [2.45, 2.75) is 12.2 Å². The molecule has 0 aliphatic carbocycles. The first-order chi connectivity index (χ1) is 7.57. The van der Waals surface area contributed by atoms with Gasteiger partial charge in [-0.25, -0.2) is 9.36 Å². The van der Waals surface area contributed by atoms with E-state index in [1.807, 2.05) is 0 Å². The number of ether oxygens (including phenoxy) is 1. The quantitative estimate of drug-likeness (QED) is 0.212. The molecule has 0 aromatic heterocycles. The van der Waals surface area contributed by atoms with E-state index in [1.165, 1.54) is 0 Å². The molecule has 1 rings (SSSR count). The number of esters is 1. The predicted octanol–water partition coefficient (Wildman–Crippen LogP) is -2.34. The zero-order chi connectivity index (χ0) is 13.8. The smallest absolute Gasteiger partial charge is 0.466 e. The van der Waals surface area contributed by atoms with Crippen molar-refractivity contribution in [3.8, 4) is 0 Å². The van der Waals surface area contributed by atoms with Gasteiger partial charge in [0.15, 0.2) is 11.9 Å². The first-order valence-corrected chi connectivity index (χ1v) is 5.54. The Balaban J connectivity index is 0.000000437. The summed E-state index contributed by atoms with van der Waals surface area (Å²) in [5, 5.41) is 35.0. The van der Waals surface area contributed by atoms with Gasteiger partial charge in [0.25, 0.3) is 0 Å². The highest BCUT2D eigenvalue weighted by molar-refractivity contribution is 7.45. The van der Waals surface area contributed by atoms with Crippen molar-refractivity contribution >= 4 is 13.8 Å². The summed E-state index contributed by atoms with van der Waals surface area (Å²) >= 11 is 0. The zero-order valence-corrected chi connectivity index (χ0v) is 9.06. The largest absolute Gasteiger partial charge is 0.505 e. The highest BCUT2D eigenvalue weighted by atomic mass is 31.2. The number of rotatable bonds is 2. The monoisotopic (exact) mass is 274 g/mol. The summed E-state index contributed by atoms with van der Waals surface area (Å²) in [6.07, 6.45) is -2.78. The topological polar surface area (TPSA) is 185 Å². The fourth-order valence-electron chi connectivity index (χ4n) is 0.823. The van der Waals surface area contributed by atoms with E-state index in [9.17, 15) is 4.79 Å². The van der Waals surface area contributed by atoms with Gasteiger partial charge >= 0.3 is 13.8 Å². The molecular weight excluding hydrogens is 263 g/mol. The molecule has 10 nitrogen and oxygen atoms in total. The third-order valence-corrected chi connectivity index (χ3v) is 1.48. The normalized spacial score (nSPS) is 21.7. The second-order valence-electron chi connectivity index (χ2n) is 2.82. The highest BCUT2D eigenvalue weighted by Crippen LogP contribution is 2.25. The number of carbonyl (C=O) groups is 1. The van der Waals surface area contributed by atoms with Crippen molar-refractivity contribution in [1.82, 2.24) is 0 Å². The number of carbonyl (C=O) groups excluding carboxylic acids is 1. The summed E-state index contributed by atoms with van der Waals surface area (Å²) in [5.41, 5.74) is 0. The van der Waals surface area contributed by atoms with E-state index < -0.39 is 44.1 Å². The van der Waals surface area contributed by atoms with E-state index in [4.69, 9.17) is 39.7 Å². The number of phosphoric acid groups is 1. The number of hydrogen-bond acceptors (Lipinski definition) is 7. The molecule has 1 aliphatic rings. The Morgan fingerprint density at radius 2 is 1.71 bits per heavy atom. The van der Waals surface area contributed by atoms with Crippen LogP contribution in [0.15, 0.2) is 11.5 Å². The molecule has 11 heteroatoms. The molecule has 0 spiro atoms. The minimum Gasteiger partial charge on any atom is -0.505 e. The summed E-state index contributed by atoms with van der Waals surface area (Å²) in [6.45, 7) is -0.671. The zero-order valence-electron chi connectivity index (χ0n) is 8.16. The van der Waals surface area contributed by atoms with Crippen molar-refractivity contribution in [1.29, 1.82) is 0 Å². The SMILES string of the molecule is O=C1OC(C(O)CO)C(O)=C1O.O=P(O)(O)O. The Bertz CT molecular complexity index is 348. The van der Waals surface area contributed by atoms with Gasteiger partial charge in [0, 0.05) is 0 Å². The van der Waals surface area contributed by atoms with E-state index in [1.54, 1.807) is 0 Å². The van der Waals surface area contributed by atoms with Crippen LogP contribution in [-0.4, -0.2) is 59.9 Å². The van der Waals surface area contributed by atoms with Gasteiger partial charge in [-0.15, -0.1) is 0 Å². The van der Waals surface area contributed by atoms with Crippen LogP contribution in [-0.2, 0) is 14.1 Å². The van der Waals surface area contributed by atoms with Gasteiger partial charge < -0.3 is 39.8 Å². The molecule has 0 saturated heterocycles. The first-order valence-electron chi connectivity index (χ1n) is 3.98. The summed E-state index contributed by atoms with van der Waals surface area (Å²) in [7, 11) is -4.64. The lowest BCUT2D eigenvalue weighted by molar-refractivity contribution is -0.147. The van der Waals surface area contributed by atoms with Gasteiger partial charge in [0.1, 0.15) is 6.10 Å². The summed E-state index contributed by atoms with van der Waals surface area (Å²) in [5.74, 6) is -2.78. The fourth-order valence-corrected chi connectivity index (χ4v) is 0.823. The van der Waals surface area contributed by atoms with Crippen LogP contribution < -0.4 is 0 Å². The Labute approximate surface area is 94.3 Å². The summed E-state index contributed by atoms with van der Waals surface area (Å²) in [4.78, 5) is 32.1. The number of hydrogen-bond donors (Lipinski definition) is 7. The molecule has 7 N–H and O–H groups in total. The van der Waals surface area contributed by atoms with Gasteiger partial charge in [0.2, 0.25) is 5.76 Å². The molecule has 0 radical (unpaired) electrons. The van der Waals surface area contributed by atoms with E-state index in [0.717, 1.165) is 0 Å². The van der Waals surface area contributed by atoms with Gasteiger partial charge in [0.05, 0.1) is 6.61 Å². The second-order valence-corrected chi connectivity index (χ2v) is 3.85. The molecule has 0 amide bonds. The molecule has 0 aromatic carbocycles. The average Bonchev–Trinajstić information content (AvgIpc) is 2.42. The minimum atomic E-state index is -4.64. The second kappa shape index (κ2) is 5.96. The van der Waals surface area contributed by atoms with E-state index in [2.05, 4.69) is 4.74 Å². The van der Waals surface area contributed by atoms with Crippen molar-refractivity contribution in [3.63, 3.8) is 0 Å². The third-order valence-electron chi connectivity index (χ3n) is 1.48. The number of aliphatic hydroxyl groups excluding tert-OH is 4. The van der Waals surface area contributed by atoms with Gasteiger partial charge in [-0.1, -0.05) is 0 Å². The van der Waals surface area contributed by atoms with Crippen LogP contribution >= 0.6 is 7.82 Å². The van der Waals surface area contributed by atoms with Crippen LogP contribution in [0.1, 0.15) is 0 Å². The Kier molecular flexibility index (Phi) is 5.55. The van der Waals surface area contributed by atoms with Gasteiger partial charge in [-0.2, -0.15) is 0 Å². The Morgan fingerprint density at radius 1 is 1.29 bits per heavy atom. The third kappa shape index (κ3) is 5.63. The molecule has 0 aromatic rings. The Hall–Kier alpha value is -1.16. The van der Waals surface area contributed by atoms with Crippen molar-refractivity contribution in [2.24, 2.45) is 0 Å². The van der Waals surface area contributed by atoms with Crippen LogP contribution in [0.25, 0.3) is 0 Å². The van der Waals surface area contributed by atoms with E-state index in [0.29, 0.717) is 0 Å². The Morgan fingerprint density at radius 3 is 1.94 bits per heavy atom. The standard InChI is InChI=1S/C6H8O6.H3O4P/c7-1-2(8)5-3(9)4(10)6(11)12-5;1-5(2,3)4/h2,5,7-10H,1H2;(H3,1,2,3,4). The van der Waals surface area contributed by atoms with Crippen molar-refractivity contribution < 1.29 is 49.2 Å². The van der Waals surface area contributed by atoms with Crippen LogP contribution in [0.4, 0.5) is 0 Å². The van der Waals surface area contributed by atoms with Crippen LogP contribution in [0.2, 0.25) is 0 Å². The fraction of sp³-hybridized carbons (Fsp3) is 0.500. The molecule has 0 bridgehead atoms. The molecule has 17 heavy (non-hydrogen) atoms. The maximum atomic E-state index is 10.5. The summed E-state index contributed by atoms with van der Waals surface area (Å²) in [6, 6.07) is 0. The van der Waals surface area contributed by atoms with E-state index in [-0.39, 0.29) is 0 Å². The van der Waals surface area contributed by atoms with Crippen LogP contribution in [0.5, 0.6) is 0 Å². The molecule has 1 heterocycles. The van der Waals surface area contributed by atoms with Crippen LogP contribution in [0.3, 0.4) is 0 Å². The summed E-state index contributed by atoms with van der Waals surface area (Å²) < 4.78 is 13.2. The maximum Gasteiger partial charge on any atom is 0.466 e. The lowest BCUT2D eigenvalue weighted by Crippen LogP contribution is -2.31. The molecule has 2 atom stereocenters. The van der Waals surface area contributed by atoms with E-state index >= 15 is 0 Å². The average molecular weight is 274 g/mol. The van der Waals surface area contributed by atoms with Crippen molar-refractivity contribution in [3.05, 3.63) is 11.5 Å². The highest BCUT2D eigenvalue weighted by Gasteiger charge is 2.38. The van der Waals surface area contributed by atoms with Gasteiger partial charge in [-0.05, 0) is 0 Å². The van der Waals surface area contributed by atoms with Crippen molar-refractivity contribution in [2.75, 3.05) is 6.61 Å². The minimum absolute atomic E-state index is 0.671. The first kappa shape index (κ1) is 15.8. The van der Waals surface area contributed by atoms with Crippen LogP contribution in [0, 0.1) is 0 Å². The predicted molar refractivity (Wildman–Crippen MR) is 49.5 cm³/mol. The van der Waals surface area contributed by atoms with Gasteiger partial charge in [-0.3, -0.25) is 0 Å². The molecular formula is C6H11O10P. The number of cyclic esters (lactones) is 1. The lowest BCUT2D eigenvalue weighted by Gasteiger charge is -2.13. The molecule has 1 aliphatic heterocycles. The lowest BCUT2D eigenvalue weighted by atomic mass is 10.2. The molecule has 100 valence electrons.